The largest absolute Gasteiger partial charge is 0.497 e. The van der Waals surface area contributed by atoms with Gasteiger partial charge in [-0.15, -0.1) is 10.2 Å². The molecule has 0 saturated carbocycles. The normalized spacial score (nSPS) is 12.3. The summed E-state index contributed by atoms with van der Waals surface area (Å²) in [6.45, 7) is 3.55. The van der Waals surface area contributed by atoms with E-state index in [1.165, 1.54) is 18.3 Å². The van der Waals surface area contributed by atoms with Crippen LogP contribution in [0.5, 0.6) is 5.75 Å². The van der Waals surface area contributed by atoms with Crippen molar-refractivity contribution in [3.05, 3.63) is 54.1 Å². The first-order valence-electron chi connectivity index (χ1n) is 9.60. The van der Waals surface area contributed by atoms with Gasteiger partial charge in [0.15, 0.2) is 0 Å². The number of nitrogens with zero attached hydrogens (tertiary/aromatic N) is 3. The van der Waals surface area contributed by atoms with E-state index in [4.69, 9.17) is 4.74 Å². The maximum absolute atomic E-state index is 12.8. The van der Waals surface area contributed by atoms with Crippen LogP contribution in [0.15, 0.2) is 48.5 Å². The van der Waals surface area contributed by atoms with Gasteiger partial charge < -0.3 is 4.74 Å². The molecule has 31 heavy (non-hydrogen) atoms. The topological polar surface area (TPSA) is 101 Å². The number of amides is 1. The average Bonchev–Trinajstić information content (AvgIpc) is 3.21. The Balaban J connectivity index is 1.78. The summed E-state index contributed by atoms with van der Waals surface area (Å²) in [6.07, 6.45) is 1.92. The van der Waals surface area contributed by atoms with E-state index in [1.807, 2.05) is 43.3 Å². The number of carbonyl (C=O) groups is 1. The van der Waals surface area contributed by atoms with E-state index in [0.29, 0.717) is 10.7 Å². The molecule has 3 aromatic rings. The molecule has 0 bridgehead atoms. The molecule has 0 aliphatic carbocycles. The number of sulfonamides is 1. The minimum atomic E-state index is -3.69. The lowest BCUT2D eigenvalue weighted by Gasteiger charge is -2.28. The summed E-state index contributed by atoms with van der Waals surface area (Å²) >= 11 is 1.20. The Morgan fingerprint density at radius 3 is 2.32 bits per heavy atom. The quantitative estimate of drug-likeness (QED) is 0.551. The Bertz CT molecular complexity index is 1140. The van der Waals surface area contributed by atoms with Gasteiger partial charge in [-0.1, -0.05) is 30.4 Å². The maximum Gasteiger partial charge on any atom is 0.249 e. The van der Waals surface area contributed by atoms with Gasteiger partial charge in [-0.2, -0.15) is 0 Å². The van der Waals surface area contributed by atoms with Crippen LogP contribution in [-0.4, -0.2) is 43.9 Å². The Morgan fingerprint density at radius 1 is 1.13 bits per heavy atom. The van der Waals surface area contributed by atoms with Crippen molar-refractivity contribution in [3.8, 4) is 16.3 Å². The molecule has 0 radical (unpaired) electrons. The minimum Gasteiger partial charge on any atom is -0.497 e. The number of hydrogen-bond donors (Lipinski definition) is 1. The molecular weight excluding hydrogens is 436 g/mol. The van der Waals surface area contributed by atoms with E-state index in [1.54, 1.807) is 19.2 Å². The summed E-state index contributed by atoms with van der Waals surface area (Å²) in [6, 6.07) is 13.4. The van der Waals surface area contributed by atoms with Crippen LogP contribution < -0.4 is 14.4 Å². The summed E-state index contributed by atoms with van der Waals surface area (Å²) in [5.74, 6) is 0.228. The Kier molecular flexibility index (Phi) is 6.91. The molecule has 0 spiro atoms. The van der Waals surface area contributed by atoms with Gasteiger partial charge in [0.1, 0.15) is 16.8 Å². The van der Waals surface area contributed by atoms with Crippen LogP contribution in [-0.2, 0) is 21.2 Å². The number of hydrogen-bond acceptors (Lipinski definition) is 7. The second-order valence-corrected chi connectivity index (χ2v) is 9.72. The third kappa shape index (κ3) is 5.39. The third-order valence-corrected chi connectivity index (χ3v) is 6.81. The van der Waals surface area contributed by atoms with Crippen LogP contribution in [0.3, 0.4) is 0 Å². The number of benzene rings is 2. The molecule has 164 valence electrons. The molecule has 3 rings (SSSR count). The van der Waals surface area contributed by atoms with Crippen LogP contribution in [0.2, 0.25) is 0 Å². The summed E-state index contributed by atoms with van der Waals surface area (Å²) in [5, 5.41) is 11.7. The van der Waals surface area contributed by atoms with Gasteiger partial charge in [0.2, 0.25) is 21.1 Å². The molecular formula is C21H24N4O4S2. The van der Waals surface area contributed by atoms with Gasteiger partial charge in [-0.25, -0.2) is 8.42 Å². The molecule has 0 aliphatic rings. The van der Waals surface area contributed by atoms with E-state index < -0.39 is 22.0 Å². The van der Waals surface area contributed by atoms with Crippen molar-refractivity contribution in [2.24, 2.45) is 0 Å². The lowest BCUT2D eigenvalue weighted by molar-refractivity contribution is -0.116. The zero-order valence-electron chi connectivity index (χ0n) is 17.7. The van der Waals surface area contributed by atoms with Crippen molar-refractivity contribution in [1.29, 1.82) is 0 Å². The van der Waals surface area contributed by atoms with Crippen LogP contribution in [0, 0.1) is 0 Å². The fourth-order valence-electron chi connectivity index (χ4n) is 3.02. The second kappa shape index (κ2) is 9.44. The standard InChI is InChI=1S/C21H24N4O4S2/c1-5-15-6-10-17(11-7-15)25(31(4,27)28)14(2)19(26)22-21-24-23-20(30-21)16-8-12-18(29-3)13-9-16/h6-14H,5H2,1-4H3,(H,22,24,26). The molecule has 0 saturated heterocycles. The first-order chi connectivity index (χ1) is 14.7. The third-order valence-electron chi connectivity index (χ3n) is 4.68. The van der Waals surface area contributed by atoms with Crippen LogP contribution in [0.1, 0.15) is 19.4 Å². The Morgan fingerprint density at radius 2 is 1.77 bits per heavy atom. The summed E-state index contributed by atoms with van der Waals surface area (Å²) in [5.41, 5.74) is 2.34. The highest BCUT2D eigenvalue weighted by molar-refractivity contribution is 7.92. The smallest absolute Gasteiger partial charge is 0.249 e. The highest BCUT2D eigenvalue weighted by Gasteiger charge is 2.29. The predicted molar refractivity (Wildman–Crippen MR) is 123 cm³/mol. The molecule has 1 unspecified atom stereocenters. The van der Waals surface area contributed by atoms with E-state index in [0.717, 1.165) is 33.9 Å². The molecule has 1 N–H and O–H groups in total. The minimum absolute atomic E-state index is 0.289. The first-order valence-corrected chi connectivity index (χ1v) is 12.3. The van der Waals surface area contributed by atoms with Gasteiger partial charge in [0.05, 0.1) is 19.1 Å². The van der Waals surface area contributed by atoms with Crippen molar-refractivity contribution in [1.82, 2.24) is 10.2 Å². The number of anilines is 2. The van der Waals surface area contributed by atoms with Crippen LogP contribution in [0.4, 0.5) is 10.8 Å². The van der Waals surface area contributed by atoms with Gasteiger partial charge in [0.25, 0.3) is 0 Å². The second-order valence-electron chi connectivity index (χ2n) is 6.88. The molecule has 1 amide bonds. The maximum atomic E-state index is 12.8. The highest BCUT2D eigenvalue weighted by atomic mass is 32.2. The zero-order valence-corrected chi connectivity index (χ0v) is 19.3. The lowest BCUT2D eigenvalue weighted by atomic mass is 10.1. The number of nitrogens with one attached hydrogen (secondary N) is 1. The number of aromatic nitrogens is 2. The SMILES string of the molecule is CCc1ccc(N(C(C)C(=O)Nc2nnc(-c3ccc(OC)cc3)s2)S(C)(=O)=O)cc1. The fourth-order valence-corrected chi connectivity index (χ4v) is 4.95. The molecule has 1 atom stereocenters. The first kappa shape index (κ1) is 22.7. The number of rotatable bonds is 8. The van der Waals surface area contributed by atoms with Crippen molar-refractivity contribution in [2.75, 3.05) is 23.0 Å². The number of methoxy groups -OCH3 is 1. The average molecular weight is 461 g/mol. The van der Waals surface area contributed by atoms with E-state index in [-0.39, 0.29) is 5.13 Å². The summed E-state index contributed by atoms with van der Waals surface area (Å²) < 4.78 is 31.1. The number of ether oxygens (including phenoxy) is 1. The van der Waals surface area contributed by atoms with Gasteiger partial charge in [-0.3, -0.25) is 14.4 Å². The molecule has 1 heterocycles. The van der Waals surface area contributed by atoms with Crippen LogP contribution in [0.25, 0.3) is 10.6 Å². The lowest BCUT2D eigenvalue weighted by Crippen LogP contribution is -2.45. The van der Waals surface area contributed by atoms with Crippen molar-refractivity contribution in [3.63, 3.8) is 0 Å². The predicted octanol–water partition coefficient (Wildman–Crippen LogP) is 3.57. The van der Waals surface area contributed by atoms with E-state index in [2.05, 4.69) is 15.5 Å². The Hall–Kier alpha value is -2.98. The number of aryl methyl sites for hydroxylation is 1. The van der Waals surface area contributed by atoms with E-state index in [9.17, 15) is 13.2 Å². The molecule has 2 aromatic carbocycles. The monoisotopic (exact) mass is 460 g/mol. The van der Waals surface area contributed by atoms with Gasteiger partial charge in [0, 0.05) is 5.56 Å². The molecule has 0 fully saturated rings. The molecule has 10 heteroatoms. The highest BCUT2D eigenvalue weighted by Crippen LogP contribution is 2.28. The fraction of sp³-hybridized carbons (Fsp3) is 0.286. The summed E-state index contributed by atoms with van der Waals surface area (Å²) in [7, 11) is -2.10. The van der Waals surface area contributed by atoms with Crippen molar-refractivity contribution >= 4 is 38.1 Å². The van der Waals surface area contributed by atoms with E-state index >= 15 is 0 Å². The van der Waals surface area contributed by atoms with Crippen LogP contribution >= 0.6 is 11.3 Å². The Labute approximate surface area is 185 Å². The van der Waals surface area contributed by atoms with Gasteiger partial charge in [-0.05, 0) is 55.3 Å². The number of carbonyl (C=O) groups excluding carboxylic acids is 1. The zero-order chi connectivity index (χ0) is 22.6. The van der Waals surface area contributed by atoms with Gasteiger partial charge >= 0.3 is 0 Å². The van der Waals surface area contributed by atoms with Crippen molar-refractivity contribution in [2.45, 2.75) is 26.3 Å². The summed E-state index contributed by atoms with van der Waals surface area (Å²) in [4.78, 5) is 12.8. The van der Waals surface area contributed by atoms with Crippen molar-refractivity contribution < 1.29 is 17.9 Å². The molecule has 0 aliphatic heterocycles. The molecule has 8 nitrogen and oxygen atoms in total. The molecule has 1 aromatic heterocycles.